The summed E-state index contributed by atoms with van der Waals surface area (Å²) in [4.78, 5) is -0.852. The molecule has 12 nitrogen and oxygen atoms in total. The van der Waals surface area contributed by atoms with E-state index in [4.69, 9.17) is 9.66 Å². The van der Waals surface area contributed by atoms with Gasteiger partial charge < -0.3 is 0 Å². The second-order valence-electron chi connectivity index (χ2n) is 5.94. The van der Waals surface area contributed by atoms with E-state index in [0.717, 1.165) is 0 Å². The maximum atomic E-state index is 10.9. The molecule has 1 unspecified atom stereocenters. The first-order chi connectivity index (χ1) is 11.9. The van der Waals surface area contributed by atoms with Crippen molar-refractivity contribution in [2.24, 2.45) is 0 Å². The van der Waals surface area contributed by atoms with E-state index in [9.17, 15) is 44.2 Å². The van der Waals surface area contributed by atoms with Crippen LogP contribution in [0.4, 0.5) is 0 Å². The molecule has 0 amide bonds. The summed E-state index contributed by atoms with van der Waals surface area (Å²) in [5, 5.41) is 76.9. The molecule has 1 aliphatic heterocycles. The third-order valence-corrected chi connectivity index (χ3v) is 10.4. The van der Waals surface area contributed by atoms with Gasteiger partial charge in [0.05, 0.1) is 0 Å². The summed E-state index contributed by atoms with van der Waals surface area (Å²) in [5.41, 5.74) is 0. The van der Waals surface area contributed by atoms with Gasteiger partial charge in [-0.25, -0.2) is 0 Å². The topological polar surface area (TPSA) is 225 Å². The summed E-state index contributed by atoms with van der Waals surface area (Å²) in [5.74, 6) is 0. The Kier molecular flexibility index (Phi) is 9.29. The number of hydrogen-bond donors (Lipinski definition) is 9. The van der Waals surface area contributed by atoms with Crippen LogP contribution in [-0.2, 0) is 14.6 Å². The molecule has 0 aromatic carbocycles. The van der Waals surface area contributed by atoms with Crippen molar-refractivity contribution in [3.8, 4) is 0 Å². The van der Waals surface area contributed by atoms with Crippen LogP contribution in [0.15, 0.2) is 0 Å². The van der Waals surface area contributed by atoms with Crippen LogP contribution in [0, 0.1) is 0 Å². The van der Waals surface area contributed by atoms with Crippen molar-refractivity contribution in [3.63, 3.8) is 0 Å². The van der Waals surface area contributed by atoms with Gasteiger partial charge in [-0.3, -0.25) is 0 Å². The van der Waals surface area contributed by atoms with E-state index in [2.05, 4.69) is 4.18 Å². The minimum atomic E-state index is -5.13. The zero-order chi connectivity index (χ0) is 20.2. The molecular formula is C12H25O12SSe+. The van der Waals surface area contributed by atoms with Gasteiger partial charge in [-0.05, 0) is 0 Å². The molecule has 0 aliphatic carbocycles. The second-order valence-corrected chi connectivity index (χ2v) is 11.9. The average Bonchev–Trinajstić information content (AvgIpc) is 2.55. The van der Waals surface area contributed by atoms with Crippen LogP contribution >= 0.6 is 0 Å². The second kappa shape index (κ2) is 10.0. The van der Waals surface area contributed by atoms with Gasteiger partial charge in [-0.15, -0.1) is 0 Å². The Balaban J connectivity index is 2.98. The predicted octanol–water partition coefficient (Wildman–Crippen LogP) is -4.80. The van der Waals surface area contributed by atoms with Gasteiger partial charge in [-0.1, -0.05) is 0 Å². The minimum absolute atomic E-state index is 0.0439. The maximum absolute atomic E-state index is 10.9. The predicted molar refractivity (Wildman–Crippen MR) is 85.8 cm³/mol. The Morgan fingerprint density at radius 2 is 1.62 bits per heavy atom. The molecule has 0 aromatic rings. The van der Waals surface area contributed by atoms with Crippen molar-refractivity contribution in [1.29, 1.82) is 0 Å². The van der Waals surface area contributed by atoms with Crippen molar-refractivity contribution < 1.29 is 58.0 Å². The van der Waals surface area contributed by atoms with Gasteiger partial charge >= 0.3 is 154 Å². The number of aliphatic hydroxyl groups excluding tert-OH is 8. The van der Waals surface area contributed by atoms with E-state index in [1.54, 1.807) is 0 Å². The Hall–Kier alpha value is 0.0695. The van der Waals surface area contributed by atoms with Crippen LogP contribution in [-0.4, -0.2) is 124 Å². The summed E-state index contributed by atoms with van der Waals surface area (Å²) in [6.07, 6.45) is -12.1. The van der Waals surface area contributed by atoms with Crippen LogP contribution in [0.25, 0.3) is 0 Å². The van der Waals surface area contributed by atoms with Crippen LogP contribution in [0.5, 0.6) is 0 Å². The zero-order valence-corrected chi connectivity index (χ0v) is 16.0. The molecular weight excluding hydrogens is 447 g/mol. The molecule has 156 valence electrons. The quantitative estimate of drug-likeness (QED) is 0.114. The molecule has 14 heteroatoms. The summed E-state index contributed by atoms with van der Waals surface area (Å²) in [6, 6.07) is 0. The number of aliphatic hydroxyl groups is 8. The summed E-state index contributed by atoms with van der Waals surface area (Å²) in [6.45, 7) is -1.55. The molecule has 1 aliphatic rings. The number of hydrogen-bond acceptors (Lipinski definition) is 11. The first-order valence-electron chi connectivity index (χ1n) is 7.55. The standard InChI is InChI=1S/C12H24O12SSe/c13-1-5(15)10(19)12(24-25(21,22)23)7(17)4-26-3-6(16)9(18)11(20)8(26)2-14/h5-20H,1-4H2/p+1/t5-,6-,7+,8+,9-,10-,11-,12-,26?/m1/s1. The van der Waals surface area contributed by atoms with E-state index in [1.807, 2.05) is 0 Å². The first-order valence-corrected chi connectivity index (χ1v) is 12.3. The molecule has 9 N–H and O–H groups in total. The third-order valence-electron chi connectivity index (χ3n) is 4.03. The summed E-state index contributed by atoms with van der Waals surface area (Å²) >= 11 is -2.27. The molecule has 1 heterocycles. The molecule has 1 saturated heterocycles. The average molecular weight is 472 g/mol. The number of rotatable bonds is 9. The SMILES string of the molecule is O=S(=O)(O)O[C@@H]([C@H](O)[C@H](O)CO)[C@@H](O)C[Se+]1C[C@@H](O)[C@@H](O)[C@H](O)[C@@H]1CO. The van der Waals surface area contributed by atoms with Crippen molar-refractivity contribution >= 4 is 24.3 Å². The van der Waals surface area contributed by atoms with E-state index >= 15 is 0 Å². The summed E-state index contributed by atoms with van der Waals surface area (Å²) in [7, 11) is -5.13. The first kappa shape index (κ1) is 24.1. The molecule has 0 spiro atoms. The molecule has 1 fully saturated rings. The van der Waals surface area contributed by atoms with E-state index in [0.29, 0.717) is 0 Å². The zero-order valence-electron chi connectivity index (χ0n) is 13.5. The van der Waals surface area contributed by atoms with Crippen molar-refractivity contribution in [1.82, 2.24) is 0 Å². The Morgan fingerprint density at radius 1 is 1.04 bits per heavy atom. The van der Waals surface area contributed by atoms with E-state index in [1.165, 1.54) is 0 Å². The van der Waals surface area contributed by atoms with Crippen molar-refractivity contribution in [2.45, 2.75) is 58.2 Å². The normalized spacial score (nSPS) is 34.9. The van der Waals surface area contributed by atoms with E-state index in [-0.39, 0.29) is 10.6 Å². The molecule has 9 atom stereocenters. The fourth-order valence-corrected chi connectivity index (χ4v) is 8.73. The van der Waals surface area contributed by atoms with Crippen LogP contribution in [0.2, 0.25) is 15.5 Å². The fourth-order valence-electron chi connectivity index (χ4n) is 2.62. The van der Waals surface area contributed by atoms with Gasteiger partial charge in [-0.2, -0.15) is 0 Å². The van der Waals surface area contributed by atoms with E-state index < -0.39 is 85.1 Å². The van der Waals surface area contributed by atoms with Gasteiger partial charge in [0.1, 0.15) is 0 Å². The Labute approximate surface area is 154 Å². The molecule has 0 aromatic heterocycles. The Morgan fingerprint density at radius 3 is 2.08 bits per heavy atom. The van der Waals surface area contributed by atoms with Crippen LogP contribution in [0.1, 0.15) is 0 Å². The van der Waals surface area contributed by atoms with Crippen molar-refractivity contribution in [2.75, 3.05) is 13.2 Å². The van der Waals surface area contributed by atoms with Crippen molar-refractivity contribution in [3.05, 3.63) is 0 Å². The molecule has 0 radical (unpaired) electrons. The van der Waals surface area contributed by atoms with Gasteiger partial charge in [0, 0.05) is 0 Å². The fraction of sp³-hybridized carbons (Fsp3) is 1.00. The monoisotopic (exact) mass is 473 g/mol. The summed E-state index contributed by atoms with van der Waals surface area (Å²) < 4.78 is 34.9. The molecule has 0 bridgehead atoms. The molecule has 1 rings (SSSR count). The molecule has 0 saturated carbocycles. The third kappa shape index (κ3) is 6.31. The van der Waals surface area contributed by atoms with Gasteiger partial charge in [0.25, 0.3) is 0 Å². The van der Waals surface area contributed by atoms with Crippen LogP contribution in [0.3, 0.4) is 0 Å². The Bertz CT molecular complexity index is 532. The van der Waals surface area contributed by atoms with Gasteiger partial charge in [0.15, 0.2) is 0 Å². The molecule has 26 heavy (non-hydrogen) atoms. The van der Waals surface area contributed by atoms with Crippen LogP contribution < -0.4 is 0 Å². The van der Waals surface area contributed by atoms with Gasteiger partial charge in [0.2, 0.25) is 0 Å².